The zero-order valence-electron chi connectivity index (χ0n) is 17.9. The van der Waals surface area contributed by atoms with Crippen LogP contribution in [0.5, 0.6) is 5.75 Å². The van der Waals surface area contributed by atoms with Crippen molar-refractivity contribution < 1.29 is 14.3 Å². The Morgan fingerprint density at radius 3 is 2.87 bits per heavy atom. The second-order valence-corrected chi connectivity index (χ2v) is 7.88. The van der Waals surface area contributed by atoms with Gasteiger partial charge in [-0.2, -0.15) is 0 Å². The highest BCUT2D eigenvalue weighted by molar-refractivity contribution is 6.05. The standard InChI is InChI=1S/C25H29N3O3/c1-28(21-10-14-30-15-11-21)13-16-31-22-7-4-5-19(17-22)18-27-25(29)24-23-8-3-2-6-20(23)9-12-26-24/h2-9,12,17,21H,10-11,13-16,18H2,1H3,(H,27,29). The molecule has 4 rings (SSSR count). The average molecular weight is 420 g/mol. The molecule has 0 aliphatic carbocycles. The third-order valence-corrected chi connectivity index (χ3v) is 5.77. The van der Waals surface area contributed by atoms with Crippen LogP contribution in [0.4, 0.5) is 0 Å². The number of fused-ring (bicyclic) bond motifs is 1. The Labute approximate surface area is 183 Å². The van der Waals surface area contributed by atoms with E-state index in [1.54, 1.807) is 6.20 Å². The molecular weight excluding hydrogens is 390 g/mol. The number of aromatic nitrogens is 1. The Kier molecular flexibility index (Phi) is 7.12. The summed E-state index contributed by atoms with van der Waals surface area (Å²) in [6, 6.07) is 18.1. The van der Waals surface area contributed by atoms with E-state index in [0.717, 1.165) is 54.7 Å². The molecule has 1 amide bonds. The van der Waals surface area contributed by atoms with Crippen LogP contribution in [0.1, 0.15) is 28.9 Å². The molecule has 1 saturated heterocycles. The minimum atomic E-state index is -0.179. The van der Waals surface area contributed by atoms with Crippen LogP contribution in [0.2, 0.25) is 0 Å². The molecule has 3 aromatic rings. The zero-order valence-corrected chi connectivity index (χ0v) is 17.9. The van der Waals surface area contributed by atoms with Gasteiger partial charge >= 0.3 is 0 Å². The molecule has 0 unspecified atom stereocenters. The van der Waals surface area contributed by atoms with E-state index in [-0.39, 0.29) is 5.91 Å². The van der Waals surface area contributed by atoms with Gasteiger partial charge in [0.25, 0.3) is 5.91 Å². The van der Waals surface area contributed by atoms with E-state index in [2.05, 4.69) is 22.2 Å². The molecule has 2 heterocycles. The summed E-state index contributed by atoms with van der Waals surface area (Å²) in [6.07, 6.45) is 3.83. The summed E-state index contributed by atoms with van der Waals surface area (Å²) < 4.78 is 11.4. The molecule has 1 aliphatic rings. The second kappa shape index (κ2) is 10.4. The molecule has 1 aliphatic heterocycles. The first-order chi connectivity index (χ1) is 15.2. The molecule has 6 nitrogen and oxygen atoms in total. The van der Waals surface area contributed by atoms with Crippen molar-refractivity contribution in [3.63, 3.8) is 0 Å². The fraction of sp³-hybridized carbons (Fsp3) is 0.360. The second-order valence-electron chi connectivity index (χ2n) is 7.88. The smallest absolute Gasteiger partial charge is 0.270 e. The number of rotatable bonds is 8. The summed E-state index contributed by atoms with van der Waals surface area (Å²) in [7, 11) is 2.15. The van der Waals surface area contributed by atoms with E-state index in [1.165, 1.54) is 0 Å². The van der Waals surface area contributed by atoms with E-state index in [9.17, 15) is 4.79 Å². The van der Waals surface area contributed by atoms with Gasteiger partial charge in [-0.05, 0) is 49.0 Å². The summed E-state index contributed by atoms with van der Waals surface area (Å²) in [5.74, 6) is 0.636. The SMILES string of the molecule is CN(CCOc1cccc(CNC(=O)c2nccc3ccccc23)c1)C1CCOCC1. The molecule has 1 aromatic heterocycles. The van der Waals surface area contributed by atoms with E-state index < -0.39 is 0 Å². The average Bonchev–Trinajstić information content (AvgIpc) is 2.83. The summed E-state index contributed by atoms with van der Waals surface area (Å²) in [5, 5.41) is 4.83. The van der Waals surface area contributed by atoms with Gasteiger partial charge < -0.3 is 14.8 Å². The normalized spacial score (nSPS) is 14.6. The summed E-state index contributed by atoms with van der Waals surface area (Å²) in [5.41, 5.74) is 1.44. The highest BCUT2D eigenvalue weighted by Gasteiger charge is 2.18. The van der Waals surface area contributed by atoms with Crippen LogP contribution in [-0.4, -0.2) is 55.2 Å². The van der Waals surface area contributed by atoms with Crippen LogP contribution < -0.4 is 10.1 Å². The molecule has 0 radical (unpaired) electrons. The minimum Gasteiger partial charge on any atom is -0.492 e. The van der Waals surface area contributed by atoms with Gasteiger partial charge in [-0.3, -0.25) is 14.7 Å². The van der Waals surface area contributed by atoms with Crippen molar-refractivity contribution in [3.8, 4) is 5.75 Å². The van der Waals surface area contributed by atoms with Gasteiger partial charge in [-0.1, -0.05) is 36.4 Å². The van der Waals surface area contributed by atoms with Crippen molar-refractivity contribution in [2.45, 2.75) is 25.4 Å². The summed E-state index contributed by atoms with van der Waals surface area (Å²) in [6.45, 7) is 3.61. The predicted molar refractivity (Wildman–Crippen MR) is 121 cm³/mol. The zero-order chi connectivity index (χ0) is 21.5. The maximum absolute atomic E-state index is 12.7. The van der Waals surface area contributed by atoms with Gasteiger partial charge in [0.2, 0.25) is 0 Å². The number of benzene rings is 2. The Bertz CT molecular complexity index is 1010. The highest BCUT2D eigenvalue weighted by atomic mass is 16.5. The predicted octanol–water partition coefficient (Wildman–Crippen LogP) is 3.65. The quantitative estimate of drug-likeness (QED) is 0.604. The monoisotopic (exact) mass is 419 g/mol. The molecule has 0 spiro atoms. The van der Waals surface area contributed by atoms with Gasteiger partial charge in [-0.15, -0.1) is 0 Å². The number of nitrogens with one attached hydrogen (secondary N) is 1. The van der Waals surface area contributed by atoms with Crippen LogP contribution in [-0.2, 0) is 11.3 Å². The molecule has 0 atom stereocenters. The number of carbonyl (C=O) groups excluding carboxylic acids is 1. The number of hydrogen-bond acceptors (Lipinski definition) is 5. The Balaban J connectivity index is 1.29. The maximum Gasteiger partial charge on any atom is 0.270 e. The lowest BCUT2D eigenvalue weighted by Gasteiger charge is -2.31. The first-order valence-corrected chi connectivity index (χ1v) is 10.8. The number of carbonyl (C=O) groups is 1. The van der Waals surface area contributed by atoms with Crippen LogP contribution in [0.3, 0.4) is 0 Å². The molecule has 162 valence electrons. The van der Waals surface area contributed by atoms with Gasteiger partial charge in [0.15, 0.2) is 0 Å². The van der Waals surface area contributed by atoms with E-state index >= 15 is 0 Å². The fourth-order valence-corrected chi connectivity index (χ4v) is 3.93. The van der Waals surface area contributed by atoms with Crippen molar-refractivity contribution >= 4 is 16.7 Å². The van der Waals surface area contributed by atoms with E-state index in [4.69, 9.17) is 9.47 Å². The highest BCUT2D eigenvalue weighted by Crippen LogP contribution is 2.17. The lowest BCUT2D eigenvalue weighted by atomic mass is 10.1. The Morgan fingerprint density at radius 1 is 1.16 bits per heavy atom. The number of ether oxygens (including phenoxy) is 2. The maximum atomic E-state index is 12.7. The van der Waals surface area contributed by atoms with Crippen molar-refractivity contribution in [3.05, 3.63) is 72.1 Å². The van der Waals surface area contributed by atoms with Gasteiger partial charge in [0, 0.05) is 43.9 Å². The van der Waals surface area contributed by atoms with Gasteiger partial charge in [0.1, 0.15) is 18.1 Å². The van der Waals surface area contributed by atoms with Crippen LogP contribution in [0, 0.1) is 0 Å². The summed E-state index contributed by atoms with van der Waals surface area (Å²) in [4.78, 5) is 19.3. The Morgan fingerprint density at radius 2 is 2.00 bits per heavy atom. The lowest BCUT2D eigenvalue weighted by molar-refractivity contribution is 0.0392. The van der Waals surface area contributed by atoms with Crippen molar-refractivity contribution in [2.75, 3.05) is 33.4 Å². The minimum absolute atomic E-state index is 0.179. The molecule has 31 heavy (non-hydrogen) atoms. The fourth-order valence-electron chi connectivity index (χ4n) is 3.93. The third-order valence-electron chi connectivity index (χ3n) is 5.77. The number of likely N-dealkylation sites (N-methyl/N-ethyl adjacent to an activating group) is 1. The largest absolute Gasteiger partial charge is 0.492 e. The van der Waals surface area contributed by atoms with E-state index in [1.807, 2.05) is 54.6 Å². The molecular formula is C25H29N3O3. The van der Waals surface area contributed by atoms with Crippen molar-refractivity contribution in [1.29, 1.82) is 0 Å². The molecule has 1 fully saturated rings. The topological polar surface area (TPSA) is 63.7 Å². The number of nitrogens with zero attached hydrogens (tertiary/aromatic N) is 2. The van der Waals surface area contributed by atoms with Crippen molar-refractivity contribution in [2.24, 2.45) is 0 Å². The lowest BCUT2D eigenvalue weighted by Crippen LogP contribution is -2.38. The molecule has 0 saturated carbocycles. The molecule has 2 aromatic carbocycles. The molecule has 1 N–H and O–H groups in total. The first kappa shape index (κ1) is 21.3. The van der Waals surface area contributed by atoms with Crippen LogP contribution in [0.15, 0.2) is 60.8 Å². The van der Waals surface area contributed by atoms with Gasteiger partial charge in [0.05, 0.1) is 0 Å². The van der Waals surface area contributed by atoms with Gasteiger partial charge in [-0.25, -0.2) is 0 Å². The van der Waals surface area contributed by atoms with Crippen molar-refractivity contribution in [1.82, 2.24) is 15.2 Å². The molecule has 6 heteroatoms. The Hall–Kier alpha value is -2.96. The first-order valence-electron chi connectivity index (χ1n) is 10.8. The summed E-state index contributed by atoms with van der Waals surface area (Å²) >= 11 is 0. The number of hydrogen-bond donors (Lipinski definition) is 1. The molecule has 0 bridgehead atoms. The van der Waals surface area contributed by atoms with Crippen LogP contribution in [0.25, 0.3) is 10.8 Å². The van der Waals surface area contributed by atoms with Crippen LogP contribution >= 0.6 is 0 Å². The number of pyridine rings is 1. The third kappa shape index (κ3) is 5.60. The van der Waals surface area contributed by atoms with E-state index in [0.29, 0.717) is 24.9 Å². The number of amides is 1.